The number of carbonyl (C=O) groups is 1. The van der Waals surface area contributed by atoms with Crippen LogP contribution in [-0.2, 0) is 9.84 Å². The van der Waals surface area contributed by atoms with Gasteiger partial charge in [-0.3, -0.25) is 9.80 Å². The number of hydrogen-bond acceptors (Lipinski definition) is 4. The molecular formula is C19H20N2O4S. The zero-order valence-corrected chi connectivity index (χ0v) is 15.4. The maximum atomic E-state index is 13.3. The lowest BCUT2D eigenvalue weighted by Gasteiger charge is -2.24. The number of benzene rings is 2. The Morgan fingerprint density at radius 1 is 0.962 bits per heavy atom. The molecule has 4 rings (SSSR count). The number of nitrogens with zero attached hydrogens (tertiary/aromatic N) is 2. The van der Waals surface area contributed by atoms with Crippen LogP contribution in [0, 0.1) is 6.92 Å². The molecule has 0 aromatic heterocycles. The molecule has 2 heterocycles. The summed E-state index contributed by atoms with van der Waals surface area (Å²) in [5.74, 6) is 0.488. The van der Waals surface area contributed by atoms with Gasteiger partial charge in [0.05, 0.1) is 36.4 Å². The fourth-order valence-corrected chi connectivity index (χ4v) is 5.74. The van der Waals surface area contributed by atoms with Crippen molar-refractivity contribution in [2.24, 2.45) is 0 Å². The fraction of sp³-hybridized carbons (Fsp3) is 0.316. The number of anilines is 2. The molecule has 2 fully saturated rings. The number of para-hydroxylation sites is 2. The molecule has 2 amide bonds. The number of methoxy groups -OCH3 is 1. The van der Waals surface area contributed by atoms with Crippen molar-refractivity contribution < 1.29 is 17.9 Å². The smallest absolute Gasteiger partial charge is 0.329 e. The Bertz CT molecular complexity index is 956. The molecule has 2 aromatic rings. The van der Waals surface area contributed by atoms with Crippen LogP contribution >= 0.6 is 0 Å². The summed E-state index contributed by atoms with van der Waals surface area (Å²) in [6.07, 6.45) is 0. The minimum Gasteiger partial charge on any atom is -0.495 e. The van der Waals surface area contributed by atoms with E-state index in [2.05, 4.69) is 0 Å². The Morgan fingerprint density at radius 3 is 2.23 bits per heavy atom. The van der Waals surface area contributed by atoms with Gasteiger partial charge in [-0.05, 0) is 31.2 Å². The topological polar surface area (TPSA) is 66.9 Å². The van der Waals surface area contributed by atoms with Crippen molar-refractivity contribution in [1.82, 2.24) is 0 Å². The Hall–Kier alpha value is -2.54. The highest BCUT2D eigenvalue weighted by Crippen LogP contribution is 2.41. The SMILES string of the molecule is COc1ccccc1N1C(=O)N(c2ccc(C)cc2)[C@@H]2CS(=O)(=O)C[C@H]21. The molecular weight excluding hydrogens is 352 g/mol. The first-order chi connectivity index (χ1) is 12.4. The second kappa shape index (κ2) is 6.02. The minimum absolute atomic E-state index is 0.0249. The number of fused-ring (bicyclic) bond motifs is 1. The van der Waals surface area contributed by atoms with E-state index in [0.29, 0.717) is 17.1 Å². The Kier molecular flexibility index (Phi) is 3.91. The lowest BCUT2D eigenvalue weighted by atomic mass is 10.1. The molecule has 2 aliphatic rings. The molecule has 136 valence electrons. The number of sulfone groups is 1. The first-order valence-corrected chi connectivity index (χ1v) is 10.3. The summed E-state index contributed by atoms with van der Waals surface area (Å²) in [6, 6.07) is 13.7. The Balaban J connectivity index is 1.83. The summed E-state index contributed by atoms with van der Waals surface area (Å²) in [5.41, 5.74) is 2.39. The van der Waals surface area contributed by atoms with Crippen LogP contribution in [0.25, 0.3) is 0 Å². The third-order valence-corrected chi connectivity index (χ3v) is 6.72. The van der Waals surface area contributed by atoms with Crippen LogP contribution in [0.4, 0.5) is 16.2 Å². The standard InChI is InChI=1S/C19H20N2O4S/c1-13-7-9-14(10-8-13)20-16-11-26(23,24)12-17(16)21(19(20)22)15-5-3-4-6-18(15)25-2/h3-10,16-17H,11-12H2,1-2H3/t16-,17-/m1/s1. The minimum atomic E-state index is -3.21. The highest BCUT2D eigenvalue weighted by atomic mass is 32.2. The Morgan fingerprint density at radius 2 is 1.58 bits per heavy atom. The van der Waals surface area contributed by atoms with Crippen LogP contribution in [0.3, 0.4) is 0 Å². The van der Waals surface area contributed by atoms with Gasteiger partial charge in [0, 0.05) is 5.69 Å². The highest BCUT2D eigenvalue weighted by molar-refractivity contribution is 7.91. The molecule has 0 spiro atoms. The molecule has 2 atom stereocenters. The maximum Gasteiger partial charge on any atom is 0.329 e. The van der Waals surface area contributed by atoms with E-state index in [4.69, 9.17) is 4.74 Å². The van der Waals surface area contributed by atoms with Crippen molar-refractivity contribution in [3.63, 3.8) is 0 Å². The van der Waals surface area contributed by atoms with Gasteiger partial charge in [0.2, 0.25) is 0 Å². The van der Waals surface area contributed by atoms with Gasteiger partial charge in [-0.25, -0.2) is 13.2 Å². The fourth-order valence-electron chi connectivity index (χ4n) is 3.82. The van der Waals surface area contributed by atoms with Gasteiger partial charge in [0.25, 0.3) is 0 Å². The molecule has 0 saturated carbocycles. The van der Waals surface area contributed by atoms with Gasteiger partial charge in [0.15, 0.2) is 9.84 Å². The van der Waals surface area contributed by atoms with Gasteiger partial charge >= 0.3 is 6.03 Å². The van der Waals surface area contributed by atoms with E-state index >= 15 is 0 Å². The first kappa shape index (κ1) is 16.9. The molecule has 0 aliphatic carbocycles. The molecule has 0 N–H and O–H groups in total. The normalized spacial score (nSPS) is 24.0. The molecule has 2 aromatic carbocycles. The van der Waals surface area contributed by atoms with Crippen molar-refractivity contribution in [2.45, 2.75) is 19.0 Å². The molecule has 0 bridgehead atoms. The largest absolute Gasteiger partial charge is 0.495 e. The van der Waals surface area contributed by atoms with Gasteiger partial charge in [0.1, 0.15) is 5.75 Å². The van der Waals surface area contributed by atoms with Gasteiger partial charge in [-0.15, -0.1) is 0 Å². The van der Waals surface area contributed by atoms with E-state index in [1.165, 1.54) is 0 Å². The summed E-state index contributed by atoms with van der Waals surface area (Å²) in [6.45, 7) is 1.97. The maximum absolute atomic E-state index is 13.3. The molecule has 0 radical (unpaired) electrons. The van der Waals surface area contributed by atoms with Gasteiger partial charge < -0.3 is 4.74 Å². The van der Waals surface area contributed by atoms with E-state index in [0.717, 1.165) is 5.56 Å². The summed E-state index contributed by atoms with van der Waals surface area (Å²) in [4.78, 5) is 16.5. The predicted octanol–water partition coefficient (Wildman–Crippen LogP) is 2.62. The first-order valence-electron chi connectivity index (χ1n) is 8.44. The zero-order valence-electron chi connectivity index (χ0n) is 14.6. The van der Waals surface area contributed by atoms with Crippen LogP contribution in [0.5, 0.6) is 5.75 Å². The van der Waals surface area contributed by atoms with Crippen molar-refractivity contribution in [1.29, 1.82) is 0 Å². The van der Waals surface area contributed by atoms with E-state index in [-0.39, 0.29) is 17.5 Å². The van der Waals surface area contributed by atoms with E-state index in [9.17, 15) is 13.2 Å². The average molecular weight is 372 g/mol. The summed E-state index contributed by atoms with van der Waals surface area (Å²) in [7, 11) is -1.67. The third kappa shape index (κ3) is 2.63. The molecule has 26 heavy (non-hydrogen) atoms. The van der Waals surface area contributed by atoms with E-state index in [1.54, 1.807) is 29.0 Å². The number of aryl methyl sites for hydroxylation is 1. The van der Waals surface area contributed by atoms with Crippen LogP contribution in [-0.4, -0.2) is 45.1 Å². The second-order valence-corrected chi connectivity index (χ2v) is 8.90. The summed E-state index contributed by atoms with van der Waals surface area (Å²) >= 11 is 0. The summed E-state index contributed by atoms with van der Waals surface area (Å²) in [5, 5.41) is 0. The number of urea groups is 1. The third-order valence-electron chi connectivity index (χ3n) is 5.03. The highest BCUT2D eigenvalue weighted by Gasteiger charge is 2.54. The lowest BCUT2D eigenvalue weighted by molar-refractivity contribution is 0.255. The molecule has 0 unspecified atom stereocenters. The second-order valence-electron chi connectivity index (χ2n) is 6.74. The monoisotopic (exact) mass is 372 g/mol. The zero-order chi connectivity index (χ0) is 18.5. The van der Waals surface area contributed by atoms with Crippen LogP contribution in [0.15, 0.2) is 48.5 Å². The Labute approximate surface area is 152 Å². The number of ether oxygens (including phenoxy) is 1. The molecule has 2 saturated heterocycles. The molecule has 7 heteroatoms. The van der Waals surface area contributed by atoms with Crippen LogP contribution < -0.4 is 14.5 Å². The number of carbonyl (C=O) groups excluding carboxylic acids is 1. The van der Waals surface area contributed by atoms with Crippen molar-refractivity contribution in [3.05, 3.63) is 54.1 Å². The van der Waals surface area contributed by atoms with Crippen molar-refractivity contribution in [2.75, 3.05) is 28.4 Å². The van der Waals surface area contributed by atoms with Gasteiger partial charge in [-0.1, -0.05) is 29.8 Å². The number of amides is 2. The van der Waals surface area contributed by atoms with E-state index < -0.39 is 21.9 Å². The number of rotatable bonds is 3. The average Bonchev–Trinajstić information content (AvgIpc) is 3.04. The van der Waals surface area contributed by atoms with Crippen LogP contribution in [0.2, 0.25) is 0 Å². The van der Waals surface area contributed by atoms with Crippen LogP contribution in [0.1, 0.15) is 5.56 Å². The van der Waals surface area contributed by atoms with Crippen molar-refractivity contribution >= 4 is 27.2 Å². The predicted molar refractivity (Wildman–Crippen MR) is 101 cm³/mol. The number of hydrogen-bond donors (Lipinski definition) is 0. The van der Waals surface area contributed by atoms with Gasteiger partial charge in [-0.2, -0.15) is 0 Å². The summed E-state index contributed by atoms with van der Waals surface area (Å²) < 4.78 is 30.0. The molecule has 2 aliphatic heterocycles. The van der Waals surface area contributed by atoms with E-state index in [1.807, 2.05) is 43.3 Å². The molecule has 6 nitrogen and oxygen atoms in total. The quantitative estimate of drug-likeness (QED) is 0.777. The van der Waals surface area contributed by atoms with Crippen molar-refractivity contribution in [3.8, 4) is 5.75 Å². The lowest BCUT2D eigenvalue weighted by Crippen LogP contribution is -2.38.